The zero-order valence-corrected chi connectivity index (χ0v) is 35.8. The van der Waals surface area contributed by atoms with Gasteiger partial charge in [-0.3, -0.25) is 9.59 Å². The van der Waals surface area contributed by atoms with Crippen molar-refractivity contribution in [2.75, 3.05) is 7.11 Å². The summed E-state index contributed by atoms with van der Waals surface area (Å²) in [5.41, 5.74) is -3.06. The molecule has 0 unspecified atom stereocenters. The van der Waals surface area contributed by atoms with Gasteiger partial charge in [-0.15, -0.1) is 0 Å². The number of allylic oxidation sites excluding steroid dienone is 2. The van der Waals surface area contributed by atoms with Crippen LogP contribution >= 0.6 is 0 Å². The van der Waals surface area contributed by atoms with Crippen molar-refractivity contribution in [3.63, 3.8) is 0 Å². The van der Waals surface area contributed by atoms with Crippen LogP contribution in [0.3, 0.4) is 0 Å². The van der Waals surface area contributed by atoms with Crippen molar-refractivity contribution in [3.05, 3.63) is 53.2 Å². The molecule has 12 heteroatoms. The van der Waals surface area contributed by atoms with Crippen molar-refractivity contribution in [1.82, 2.24) is 5.32 Å². The molecular formula is C46H67NO11. The highest BCUT2D eigenvalue weighted by molar-refractivity contribution is 5.98. The van der Waals surface area contributed by atoms with E-state index in [0.29, 0.717) is 37.7 Å². The van der Waals surface area contributed by atoms with Crippen LogP contribution in [0.4, 0.5) is 0 Å². The quantitative estimate of drug-likeness (QED) is 0.104. The minimum atomic E-state index is -1.83. The minimum Gasteiger partial charge on any atom is -0.464 e. The van der Waals surface area contributed by atoms with Crippen LogP contribution in [0.5, 0.6) is 0 Å². The number of fused-ring (bicyclic) bond motifs is 5. The molecule has 58 heavy (non-hydrogen) atoms. The first-order valence-electron chi connectivity index (χ1n) is 21.1. The smallest absolute Gasteiger partial charge is 0.354 e. The summed E-state index contributed by atoms with van der Waals surface area (Å²) in [5, 5.41) is 59.8. The van der Waals surface area contributed by atoms with E-state index < -0.39 is 88.8 Å². The van der Waals surface area contributed by atoms with Gasteiger partial charge < -0.3 is 45.1 Å². The summed E-state index contributed by atoms with van der Waals surface area (Å²) >= 11 is 0. The number of ether oxygens (including phenoxy) is 3. The second kappa shape index (κ2) is 15.7. The van der Waals surface area contributed by atoms with E-state index in [-0.39, 0.29) is 34.8 Å². The van der Waals surface area contributed by atoms with E-state index in [1.807, 2.05) is 19.9 Å². The fourth-order valence-electron chi connectivity index (χ4n) is 12.6. The Morgan fingerprint density at radius 2 is 1.64 bits per heavy atom. The minimum absolute atomic E-state index is 0.0127. The fourth-order valence-corrected chi connectivity index (χ4v) is 12.6. The van der Waals surface area contributed by atoms with Crippen LogP contribution in [-0.4, -0.2) is 92.4 Å². The molecule has 6 rings (SSSR count). The van der Waals surface area contributed by atoms with E-state index >= 15 is 0 Å². The van der Waals surface area contributed by atoms with Crippen molar-refractivity contribution >= 4 is 23.9 Å². The molecular weight excluding hydrogens is 743 g/mol. The number of methoxy groups -OCH3 is 1. The number of nitrogens with one attached hydrogen (secondary N) is 1. The highest BCUT2D eigenvalue weighted by atomic mass is 16.6. The maximum absolute atomic E-state index is 13.5. The zero-order chi connectivity index (χ0) is 42.8. The van der Waals surface area contributed by atoms with Gasteiger partial charge in [0.05, 0.1) is 49.5 Å². The molecule has 3 saturated carbocycles. The lowest BCUT2D eigenvalue weighted by Crippen LogP contribution is -2.65. The van der Waals surface area contributed by atoms with Gasteiger partial charge in [0.1, 0.15) is 11.8 Å². The molecule has 5 aliphatic rings. The van der Waals surface area contributed by atoms with Gasteiger partial charge in [0.15, 0.2) is 6.29 Å². The van der Waals surface area contributed by atoms with Crippen LogP contribution in [0, 0.1) is 45.3 Å². The molecule has 0 bridgehead atoms. The average molecular weight is 810 g/mol. The number of hydrogen-bond acceptors (Lipinski definition) is 11. The third-order valence-electron chi connectivity index (χ3n) is 15.7. The zero-order valence-electron chi connectivity index (χ0n) is 35.8. The van der Waals surface area contributed by atoms with E-state index in [4.69, 9.17) is 14.2 Å². The van der Waals surface area contributed by atoms with E-state index in [9.17, 15) is 39.9 Å². The second-order valence-corrected chi connectivity index (χ2v) is 20.3. The maximum atomic E-state index is 13.5. The summed E-state index contributed by atoms with van der Waals surface area (Å²) in [4.78, 5) is 39.0. The predicted molar refractivity (Wildman–Crippen MR) is 216 cm³/mol. The van der Waals surface area contributed by atoms with Crippen molar-refractivity contribution in [2.45, 2.75) is 155 Å². The number of esters is 2. The first-order valence-corrected chi connectivity index (χ1v) is 21.1. The van der Waals surface area contributed by atoms with Crippen LogP contribution in [0.25, 0.3) is 6.08 Å². The van der Waals surface area contributed by atoms with Crippen molar-refractivity contribution in [1.29, 1.82) is 0 Å². The number of carbonyl (C=O) groups is 3. The molecule has 0 spiro atoms. The molecule has 12 nitrogen and oxygen atoms in total. The van der Waals surface area contributed by atoms with Gasteiger partial charge in [-0.2, -0.15) is 0 Å². The Bertz CT molecular complexity index is 1780. The lowest BCUT2D eigenvalue weighted by Gasteiger charge is -2.66. The largest absolute Gasteiger partial charge is 0.464 e. The third kappa shape index (κ3) is 7.82. The molecule has 1 aromatic carbocycles. The first kappa shape index (κ1) is 44.4. The summed E-state index contributed by atoms with van der Waals surface area (Å²) < 4.78 is 16.9. The Morgan fingerprint density at radius 3 is 2.26 bits per heavy atom. The van der Waals surface area contributed by atoms with Crippen LogP contribution in [0.2, 0.25) is 0 Å². The number of carbonyl (C=O) groups excluding carboxylic acids is 3. The first-order chi connectivity index (χ1) is 26.9. The number of benzene rings is 1. The highest BCUT2D eigenvalue weighted by Crippen LogP contribution is 2.74. The van der Waals surface area contributed by atoms with E-state index in [1.165, 1.54) is 25.7 Å². The van der Waals surface area contributed by atoms with Gasteiger partial charge in [0.2, 0.25) is 5.91 Å². The summed E-state index contributed by atoms with van der Waals surface area (Å²) in [6.07, 6.45) is 3.28. The Morgan fingerprint density at radius 1 is 0.966 bits per heavy atom. The van der Waals surface area contributed by atoms with Crippen molar-refractivity contribution in [3.8, 4) is 0 Å². The highest BCUT2D eigenvalue weighted by Gasteiger charge is 2.70. The predicted octanol–water partition coefficient (Wildman–Crippen LogP) is 5.19. The molecule has 13 atom stereocenters. The lowest BCUT2D eigenvalue weighted by molar-refractivity contribution is -0.254. The SMILES string of the molecule is COC(=O)/C(=C/c1ccccc1)NC(=O)C[C@@](C)(O)CC(=O)O[C@H]1[C@H](O)C[C@]2(C)[C@H]3C[C@H](O)[C@@]4(C)[C@@H]([C@H]5CC[C@H](C(C)(C)O)O[C@@H]5O)CC[C@]4(C)C3=CC[C@H]2C1(C)C. The second-order valence-electron chi connectivity index (χ2n) is 20.3. The van der Waals surface area contributed by atoms with E-state index in [0.717, 1.165) is 12.8 Å². The van der Waals surface area contributed by atoms with Gasteiger partial charge in [-0.25, -0.2) is 4.79 Å². The summed E-state index contributed by atoms with van der Waals surface area (Å²) in [6.45, 7) is 15.4. The molecule has 4 fully saturated rings. The molecule has 1 amide bonds. The number of hydrogen-bond donors (Lipinski definition) is 6. The Hall–Kier alpha value is -3.13. The number of rotatable bonds is 10. The molecule has 1 saturated heterocycles. The number of amides is 1. The van der Waals surface area contributed by atoms with Gasteiger partial charge in [-0.1, -0.05) is 76.6 Å². The molecule has 1 aliphatic heterocycles. The standard InChI is InChI=1S/C46H67NO11/c1-41(2)33-17-16-29-30(22-34(49)46(8)28(19-20-45(29,46)7)27-15-18-35(42(3,4)54)57-39(27)52)44(33,6)23-32(48)38(41)58-37(51)25-43(5,55)24-36(50)47-31(40(53)56-9)21-26-13-11-10-12-14-26/h10-14,16,21,27-28,30,32-35,38-39,48-49,52,54-55H,15,17-20,22-25H2,1-9H3,(H,47,50)/b31-21-/t27-,28-,30+,32-,33+,34+,35-,38+,39+,43-,44-,45-,46-/m1/s1. The molecule has 1 heterocycles. The number of aliphatic hydroxyl groups excluding tert-OH is 3. The monoisotopic (exact) mass is 809 g/mol. The average Bonchev–Trinajstić information content (AvgIpc) is 3.41. The van der Waals surface area contributed by atoms with Crippen molar-refractivity contribution < 1.29 is 54.1 Å². The Balaban J connectivity index is 1.15. The molecule has 0 aromatic heterocycles. The van der Waals surface area contributed by atoms with Crippen LogP contribution < -0.4 is 5.32 Å². The van der Waals surface area contributed by atoms with Gasteiger partial charge >= 0.3 is 11.9 Å². The number of aliphatic hydroxyl groups is 5. The van der Waals surface area contributed by atoms with Gasteiger partial charge in [0.25, 0.3) is 0 Å². The Kier molecular flexibility index (Phi) is 12.0. The van der Waals surface area contributed by atoms with Crippen LogP contribution in [0.1, 0.15) is 119 Å². The lowest BCUT2D eigenvalue weighted by atomic mass is 9.40. The van der Waals surface area contributed by atoms with Crippen LogP contribution in [0.15, 0.2) is 47.7 Å². The molecule has 322 valence electrons. The normalized spacial score (nSPS) is 39.5. The van der Waals surface area contributed by atoms with Crippen LogP contribution in [-0.2, 0) is 28.6 Å². The Labute approximate surface area is 343 Å². The van der Waals surface area contributed by atoms with E-state index in [1.54, 1.807) is 38.1 Å². The fraction of sp³-hybridized carbons (Fsp3) is 0.717. The van der Waals surface area contributed by atoms with Gasteiger partial charge in [0, 0.05) is 16.7 Å². The molecule has 4 aliphatic carbocycles. The summed E-state index contributed by atoms with van der Waals surface area (Å²) in [7, 11) is 1.20. The third-order valence-corrected chi connectivity index (χ3v) is 15.7. The summed E-state index contributed by atoms with van der Waals surface area (Å²) in [6, 6.07) is 8.88. The van der Waals surface area contributed by atoms with E-state index in [2.05, 4.69) is 32.2 Å². The van der Waals surface area contributed by atoms with Gasteiger partial charge in [-0.05, 0) is 106 Å². The molecule has 6 N–H and O–H groups in total. The summed E-state index contributed by atoms with van der Waals surface area (Å²) in [5.74, 6) is -2.41. The molecule has 0 radical (unpaired) electrons. The topological polar surface area (TPSA) is 192 Å². The maximum Gasteiger partial charge on any atom is 0.354 e. The molecule has 1 aromatic rings. The van der Waals surface area contributed by atoms with Crippen molar-refractivity contribution in [2.24, 2.45) is 45.3 Å².